The van der Waals surface area contributed by atoms with E-state index in [1.54, 1.807) is 4.57 Å². The van der Waals surface area contributed by atoms with E-state index < -0.39 is 22.8 Å². The van der Waals surface area contributed by atoms with Crippen molar-refractivity contribution in [3.8, 4) is 0 Å². The molecule has 2 aliphatic rings. The number of hydrogen-bond acceptors (Lipinski definition) is 4. The number of halogens is 2. The van der Waals surface area contributed by atoms with Gasteiger partial charge in [-0.15, -0.1) is 0 Å². The van der Waals surface area contributed by atoms with Crippen LogP contribution in [-0.2, 0) is 0 Å². The number of carbonyl (C=O) groups is 1. The minimum absolute atomic E-state index is 0.00313. The number of hydrogen-bond donors (Lipinski definition) is 2. The van der Waals surface area contributed by atoms with Crippen LogP contribution < -0.4 is 16.1 Å². The van der Waals surface area contributed by atoms with Crippen LogP contribution in [0.1, 0.15) is 55.4 Å². The Labute approximate surface area is 166 Å². The maximum atomic E-state index is 15.1. The topological polar surface area (TPSA) is 88.6 Å². The molecule has 1 atom stereocenters. The van der Waals surface area contributed by atoms with Crippen molar-refractivity contribution in [2.75, 3.05) is 18.0 Å². The highest BCUT2D eigenvalue weighted by Gasteiger charge is 2.32. The number of nitrogens with two attached hydrogens (primary N) is 1. The molecule has 150 valence electrons. The molecule has 28 heavy (non-hydrogen) atoms. The van der Waals surface area contributed by atoms with Gasteiger partial charge in [0.15, 0.2) is 0 Å². The first kappa shape index (κ1) is 19.2. The van der Waals surface area contributed by atoms with Gasteiger partial charge in [-0.2, -0.15) is 0 Å². The zero-order valence-electron chi connectivity index (χ0n) is 15.7. The number of pyridine rings is 1. The van der Waals surface area contributed by atoms with Crippen molar-refractivity contribution in [3.63, 3.8) is 0 Å². The van der Waals surface area contributed by atoms with Crippen molar-refractivity contribution in [2.24, 2.45) is 5.73 Å². The van der Waals surface area contributed by atoms with E-state index in [4.69, 9.17) is 17.3 Å². The number of benzene rings is 1. The normalized spacial score (nSPS) is 23.1. The number of rotatable bonds is 3. The Morgan fingerprint density at radius 1 is 1.39 bits per heavy atom. The zero-order valence-corrected chi connectivity index (χ0v) is 16.4. The SMILES string of the molecule is C[C@@]1(N)CCCCN(c2c(F)cc3c(=O)c(C(=O)O)cn(C4CC4)c3c2Cl)C1. The Kier molecular flexibility index (Phi) is 4.62. The lowest BCUT2D eigenvalue weighted by molar-refractivity contribution is 0.0695. The van der Waals surface area contributed by atoms with Gasteiger partial charge < -0.3 is 20.3 Å². The van der Waals surface area contributed by atoms with Crippen LogP contribution in [0.15, 0.2) is 17.1 Å². The van der Waals surface area contributed by atoms with Gasteiger partial charge in [0.2, 0.25) is 5.43 Å². The molecule has 2 heterocycles. The summed E-state index contributed by atoms with van der Waals surface area (Å²) < 4.78 is 16.9. The van der Waals surface area contributed by atoms with Crippen molar-refractivity contribution in [3.05, 3.63) is 38.9 Å². The number of aromatic carboxylic acids is 1. The maximum Gasteiger partial charge on any atom is 0.341 e. The molecule has 0 bridgehead atoms. The lowest BCUT2D eigenvalue weighted by atomic mass is 9.97. The van der Waals surface area contributed by atoms with Gasteiger partial charge in [-0.3, -0.25) is 4.79 Å². The molecule has 0 radical (unpaired) electrons. The summed E-state index contributed by atoms with van der Waals surface area (Å²) in [7, 11) is 0. The predicted molar refractivity (Wildman–Crippen MR) is 107 cm³/mol. The summed E-state index contributed by atoms with van der Waals surface area (Å²) in [6, 6.07) is 1.20. The molecule has 1 aromatic carbocycles. The first-order chi connectivity index (χ1) is 13.2. The molecule has 3 N–H and O–H groups in total. The van der Waals surface area contributed by atoms with Gasteiger partial charge in [0, 0.05) is 30.9 Å². The molecular weight excluding hydrogens is 385 g/mol. The quantitative estimate of drug-likeness (QED) is 0.812. The van der Waals surface area contributed by atoms with Crippen molar-refractivity contribution < 1.29 is 14.3 Å². The molecule has 2 fully saturated rings. The van der Waals surface area contributed by atoms with Crippen LogP contribution in [0, 0.1) is 5.82 Å². The molecule has 0 amide bonds. The standard InChI is InChI=1S/C20H23ClFN3O3/c1-20(23)6-2-3-7-24(10-20)17-14(22)8-12-16(15(17)21)25(11-4-5-11)9-13(18(12)26)19(27)28/h8-9,11H,2-7,10,23H2,1H3,(H,27,28)/t20-/m1/s1. The average Bonchev–Trinajstić information content (AvgIpc) is 3.44. The monoisotopic (exact) mass is 407 g/mol. The van der Waals surface area contributed by atoms with Gasteiger partial charge in [0.25, 0.3) is 0 Å². The first-order valence-corrected chi connectivity index (χ1v) is 9.91. The molecule has 1 aromatic heterocycles. The molecule has 4 rings (SSSR count). The van der Waals surface area contributed by atoms with Gasteiger partial charge in [-0.05, 0) is 45.1 Å². The summed E-state index contributed by atoms with van der Waals surface area (Å²) in [5.41, 5.74) is 5.45. The third-order valence-corrected chi connectivity index (χ3v) is 6.01. The Morgan fingerprint density at radius 3 is 2.75 bits per heavy atom. The van der Waals surface area contributed by atoms with Crippen molar-refractivity contribution in [1.29, 1.82) is 0 Å². The van der Waals surface area contributed by atoms with E-state index in [1.165, 1.54) is 6.20 Å². The van der Waals surface area contributed by atoms with E-state index >= 15 is 4.39 Å². The van der Waals surface area contributed by atoms with Gasteiger partial charge in [-0.1, -0.05) is 11.6 Å². The van der Waals surface area contributed by atoms with Crippen LogP contribution in [0.2, 0.25) is 5.02 Å². The van der Waals surface area contributed by atoms with Crippen LogP contribution in [-0.4, -0.2) is 34.3 Å². The van der Waals surface area contributed by atoms with Gasteiger partial charge in [0.1, 0.15) is 11.4 Å². The molecule has 6 nitrogen and oxygen atoms in total. The summed E-state index contributed by atoms with van der Waals surface area (Å²) in [6.07, 6.45) is 5.73. The van der Waals surface area contributed by atoms with Crippen LogP contribution in [0.3, 0.4) is 0 Å². The van der Waals surface area contributed by atoms with Crippen LogP contribution in [0.5, 0.6) is 0 Å². The van der Waals surface area contributed by atoms with E-state index in [0.29, 0.717) is 18.6 Å². The molecule has 1 aliphatic carbocycles. The zero-order chi connectivity index (χ0) is 20.2. The van der Waals surface area contributed by atoms with E-state index in [2.05, 4.69) is 0 Å². The van der Waals surface area contributed by atoms with Gasteiger partial charge >= 0.3 is 5.97 Å². The Balaban J connectivity index is 1.97. The van der Waals surface area contributed by atoms with Gasteiger partial charge in [-0.25, -0.2) is 9.18 Å². The smallest absolute Gasteiger partial charge is 0.341 e. The molecule has 1 saturated heterocycles. The third kappa shape index (κ3) is 3.26. The summed E-state index contributed by atoms with van der Waals surface area (Å²) in [5.74, 6) is -1.95. The summed E-state index contributed by atoms with van der Waals surface area (Å²) >= 11 is 6.68. The van der Waals surface area contributed by atoms with Crippen molar-refractivity contribution in [2.45, 2.75) is 50.6 Å². The fraction of sp³-hybridized carbons (Fsp3) is 0.500. The Bertz CT molecular complexity index is 1030. The summed E-state index contributed by atoms with van der Waals surface area (Å²) in [6.45, 7) is 3.02. The molecular formula is C20H23ClFN3O3. The third-order valence-electron chi connectivity index (χ3n) is 5.65. The predicted octanol–water partition coefficient (Wildman–Crippen LogP) is 3.53. The molecule has 0 spiro atoms. The second-order valence-corrected chi connectivity index (χ2v) is 8.64. The van der Waals surface area contributed by atoms with E-state index in [-0.39, 0.29) is 27.7 Å². The average molecular weight is 408 g/mol. The minimum Gasteiger partial charge on any atom is -0.477 e. The highest BCUT2D eigenvalue weighted by atomic mass is 35.5. The molecule has 8 heteroatoms. The molecule has 1 saturated carbocycles. The fourth-order valence-electron chi connectivity index (χ4n) is 4.13. The number of carboxylic acids is 1. The van der Waals surface area contributed by atoms with Crippen LogP contribution in [0.4, 0.5) is 10.1 Å². The number of nitrogens with zero attached hydrogens (tertiary/aromatic N) is 2. The highest BCUT2D eigenvalue weighted by Crippen LogP contribution is 2.42. The van der Waals surface area contributed by atoms with E-state index in [9.17, 15) is 14.7 Å². The Morgan fingerprint density at radius 2 is 2.11 bits per heavy atom. The van der Waals surface area contributed by atoms with E-state index in [0.717, 1.165) is 38.2 Å². The number of anilines is 1. The van der Waals surface area contributed by atoms with Crippen molar-refractivity contribution in [1.82, 2.24) is 4.57 Å². The number of aromatic nitrogens is 1. The lowest BCUT2D eigenvalue weighted by Crippen LogP contribution is -2.46. The van der Waals surface area contributed by atoms with Crippen LogP contribution in [0.25, 0.3) is 10.9 Å². The number of carboxylic acid groups (broad SMARTS) is 1. The summed E-state index contributed by atoms with van der Waals surface area (Å²) in [4.78, 5) is 26.0. The van der Waals surface area contributed by atoms with E-state index in [1.807, 2.05) is 11.8 Å². The first-order valence-electron chi connectivity index (χ1n) is 9.53. The maximum absolute atomic E-state index is 15.1. The largest absolute Gasteiger partial charge is 0.477 e. The fourth-order valence-corrected chi connectivity index (χ4v) is 4.54. The summed E-state index contributed by atoms with van der Waals surface area (Å²) in [5, 5.41) is 9.53. The minimum atomic E-state index is -1.33. The molecule has 0 unspecified atom stereocenters. The second kappa shape index (κ2) is 6.74. The van der Waals surface area contributed by atoms with Gasteiger partial charge in [0.05, 0.1) is 21.6 Å². The molecule has 1 aliphatic heterocycles. The van der Waals surface area contributed by atoms with Crippen molar-refractivity contribution >= 4 is 34.2 Å². The molecule has 2 aromatic rings. The van der Waals surface area contributed by atoms with Crippen LogP contribution >= 0.6 is 11.6 Å². The lowest BCUT2D eigenvalue weighted by Gasteiger charge is -2.32. The highest BCUT2D eigenvalue weighted by molar-refractivity contribution is 6.38. The second-order valence-electron chi connectivity index (χ2n) is 8.27. The Hall–Kier alpha value is -2.12. The number of fused-ring (bicyclic) bond motifs is 1.